The van der Waals surface area contributed by atoms with Crippen LogP contribution in [0.4, 0.5) is 0 Å². The molecule has 504 valence electrons. The largest absolute Gasteiger partial charge is 0.472 e. The minimum Gasteiger partial charge on any atom is -0.387 e. The maximum absolute atomic E-state index is 13.1. The van der Waals surface area contributed by atoms with E-state index in [-0.39, 0.29) is 19.1 Å². The number of likely N-dealkylation sites (N-methyl/N-ethyl adjacent to an activating group) is 1. The number of phosphoric ester groups is 1. The molecule has 0 fully saturated rings. The fraction of sp³-hybridized carbons (Fsp3) is 0.831. The van der Waals surface area contributed by atoms with E-state index in [0.717, 1.165) is 70.6 Å². The molecule has 0 aliphatic rings. The summed E-state index contributed by atoms with van der Waals surface area (Å²) in [6, 6.07) is -0.848. The van der Waals surface area contributed by atoms with Crippen LogP contribution in [0.3, 0.4) is 0 Å². The Balaban J connectivity index is 3.96. The number of amides is 1. The van der Waals surface area contributed by atoms with Crippen molar-refractivity contribution >= 4 is 13.7 Å². The van der Waals surface area contributed by atoms with Gasteiger partial charge in [-0.2, -0.15) is 0 Å². The predicted molar refractivity (Wildman–Crippen MR) is 378 cm³/mol. The number of carbonyl (C=O) groups is 1. The Kier molecular flexibility index (Phi) is 65.7. The van der Waals surface area contributed by atoms with E-state index < -0.39 is 20.0 Å². The van der Waals surface area contributed by atoms with Gasteiger partial charge in [0.2, 0.25) is 5.91 Å². The zero-order chi connectivity index (χ0) is 62.6. The van der Waals surface area contributed by atoms with Crippen molar-refractivity contribution in [2.75, 3.05) is 40.9 Å². The van der Waals surface area contributed by atoms with Crippen LogP contribution in [-0.2, 0) is 18.4 Å². The number of aliphatic hydroxyl groups excluding tert-OH is 1. The zero-order valence-electron chi connectivity index (χ0n) is 57.8. The standard InChI is InChI=1S/C77H145N2O6P/c1-6-8-10-12-14-16-18-20-22-24-26-28-30-32-33-34-35-36-37-38-39-40-41-42-43-44-45-47-49-51-53-55-57-59-61-63-65-67-69-71-77(81)78-75(74-85-86(82,83)84-73-72-79(3,4)5)76(80)70-68-66-64-62-60-58-56-54-52-50-48-46-31-29-27-25-23-21-19-17-15-13-11-9-7-2/h8,10,14,16,20,22,26,28,32-33,68,70,75-76,80H,6-7,9,11-13,15,17-19,21,23-25,27,29-31,34-67,69,71-74H2,1-5H3,(H-,78,81,82,83)/p+1/b10-8-,16-14-,22-20-,28-26-,33-32-,70-68+. The first kappa shape index (κ1) is 83.9. The minimum absolute atomic E-state index is 0.0624. The van der Waals surface area contributed by atoms with Crippen LogP contribution in [0.15, 0.2) is 72.9 Å². The second kappa shape index (κ2) is 67.3. The molecule has 0 bridgehead atoms. The molecule has 0 heterocycles. The molecule has 0 aromatic carbocycles. The molecule has 3 atom stereocenters. The molecule has 0 spiro atoms. The van der Waals surface area contributed by atoms with Gasteiger partial charge in [0, 0.05) is 6.42 Å². The third-order valence-electron chi connectivity index (χ3n) is 16.9. The number of quaternary nitrogens is 1. The van der Waals surface area contributed by atoms with Gasteiger partial charge in [-0.05, 0) is 64.2 Å². The molecule has 9 heteroatoms. The van der Waals surface area contributed by atoms with Gasteiger partial charge in [0.05, 0.1) is 39.9 Å². The van der Waals surface area contributed by atoms with E-state index in [2.05, 4.69) is 79.9 Å². The second-order valence-corrected chi connectivity index (χ2v) is 28.1. The molecule has 0 aromatic rings. The van der Waals surface area contributed by atoms with Crippen LogP contribution < -0.4 is 5.32 Å². The quantitative estimate of drug-likeness (QED) is 0.0243. The zero-order valence-corrected chi connectivity index (χ0v) is 58.7. The highest BCUT2D eigenvalue weighted by atomic mass is 31.2. The number of phosphoric acid groups is 1. The Bertz CT molecular complexity index is 1630. The first-order valence-electron chi connectivity index (χ1n) is 37.3. The highest BCUT2D eigenvalue weighted by molar-refractivity contribution is 7.47. The smallest absolute Gasteiger partial charge is 0.387 e. The van der Waals surface area contributed by atoms with E-state index >= 15 is 0 Å². The number of rotatable bonds is 69. The third kappa shape index (κ3) is 69.4. The molecule has 0 aliphatic carbocycles. The molecular weight excluding hydrogens is 1080 g/mol. The van der Waals surface area contributed by atoms with E-state index in [4.69, 9.17) is 9.05 Å². The third-order valence-corrected chi connectivity index (χ3v) is 17.9. The fourth-order valence-electron chi connectivity index (χ4n) is 11.2. The second-order valence-electron chi connectivity index (χ2n) is 26.6. The van der Waals surface area contributed by atoms with Gasteiger partial charge < -0.3 is 19.8 Å². The van der Waals surface area contributed by atoms with Crippen LogP contribution in [0.25, 0.3) is 0 Å². The van der Waals surface area contributed by atoms with E-state index in [1.54, 1.807) is 6.08 Å². The molecule has 8 nitrogen and oxygen atoms in total. The number of unbranched alkanes of at least 4 members (excludes halogenated alkanes) is 46. The Morgan fingerprint density at radius 2 is 0.698 bits per heavy atom. The van der Waals surface area contributed by atoms with Crippen molar-refractivity contribution in [2.45, 2.75) is 373 Å². The van der Waals surface area contributed by atoms with Crippen molar-refractivity contribution in [3.8, 4) is 0 Å². The van der Waals surface area contributed by atoms with Gasteiger partial charge in [-0.1, -0.05) is 363 Å². The Morgan fingerprint density at radius 3 is 1.02 bits per heavy atom. The van der Waals surface area contributed by atoms with Crippen LogP contribution in [0.5, 0.6) is 0 Å². The molecule has 0 aliphatic heterocycles. The predicted octanol–water partition coefficient (Wildman–Crippen LogP) is 24.1. The van der Waals surface area contributed by atoms with Crippen LogP contribution in [0.1, 0.15) is 361 Å². The number of allylic oxidation sites excluding steroid dienone is 11. The van der Waals surface area contributed by atoms with Crippen molar-refractivity contribution in [1.29, 1.82) is 0 Å². The van der Waals surface area contributed by atoms with Crippen LogP contribution in [-0.4, -0.2) is 73.4 Å². The summed E-state index contributed by atoms with van der Waals surface area (Å²) in [4.78, 5) is 23.5. The lowest BCUT2D eigenvalue weighted by Crippen LogP contribution is -2.45. The monoisotopic (exact) mass is 1230 g/mol. The van der Waals surface area contributed by atoms with E-state index in [1.807, 2.05) is 27.2 Å². The average molecular weight is 1230 g/mol. The lowest BCUT2D eigenvalue weighted by molar-refractivity contribution is -0.870. The molecule has 0 radical (unpaired) electrons. The SMILES string of the molecule is CC/C=C\C/C=C\C/C=C\C/C=C\C/C=C\CCCCCCCCCCCCCCCCCCCCCCCCCC(=O)NC(COP(=O)(O)OCC[N+](C)(C)C)C(O)/C=C/CCCCCCCCCCCCCCCCCCCCCCCCC. The number of nitrogens with one attached hydrogen (secondary N) is 1. The highest BCUT2D eigenvalue weighted by Crippen LogP contribution is 2.43. The molecule has 0 aromatic heterocycles. The molecule has 0 saturated heterocycles. The summed E-state index contributed by atoms with van der Waals surface area (Å²) in [5.74, 6) is -0.170. The average Bonchev–Trinajstić information content (AvgIpc) is 3.70. The molecule has 0 rings (SSSR count). The van der Waals surface area contributed by atoms with Gasteiger partial charge in [0.25, 0.3) is 0 Å². The fourth-order valence-corrected chi connectivity index (χ4v) is 11.9. The Labute approximate surface area is 535 Å². The van der Waals surface area contributed by atoms with E-state index in [0.29, 0.717) is 17.4 Å². The molecular formula is C77H146N2O6P+. The van der Waals surface area contributed by atoms with E-state index in [1.165, 1.54) is 270 Å². The Hall–Kier alpha value is -2.06. The normalized spacial score (nSPS) is 14.0. The summed E-state index contributed by atoms with van der Waals surface area (Å²) in [5.41, 5.74) is 0. The summed E-state index contributed by atoms with van der Waals surface area (Å²) in [7, 11) is 1.59. The van der Waals surface area contributed by atoms with Crippen molar-refractivity contribution in [3.63, 3.8) is 0 Å². The van der Waals surface area contributed by atoms with Crippen molar-refractivity contribution in [2.24, 2.45) is 0 Å². The van der Waals surface area contributed by atoms with Crippen LogP contribution in [0, 0.1) is 0 Å². The molecule has 86 heavy (non-hydrogen) atoms. The highest BCUT2D eigenvalue weighted by Gasteiger charge is 2.28. The number of carbonyl (C=O) groups excluding carboxylic acids is 1. The van der Waals surface area contributed by atoms with Crippen molar-refractivity contribution < 1.29 is 32.9 Å². The lowest BCUT2D eigenvalue weighted by Gasteiger charge is -2.25. The van der Waals surface area contributed by atoms with Gasteiger partial charge in [0.1, 0.15) is 13.2 Å². The molecule has 3 N–H and O–H groups in total. The number of nitrogens with zero attached hydrogens (tertiary/aromatic N) is 1. The lowest BCUT2D eigenvalue weighted by atomic mass is 10.0. The summed E-state index contributed by atoms with van der Waals surface area (Å²) in [6.07, 6.45) is 95.0. The van der Waals surface area contributed by atoms with E-state index in [9.17, 15) is 19.4 Å². The van der Waals surface area contributed by atoms with Gasteiger partial charge in [-0.3, -0.25) is 13.8 Å². The first-order valence-corrected chi connectivity index (χ1v) is 38.8. The first-order chi connectivity index (χ1) is 42.0. The van der Waals surface area contributed by atoms with Gasteiger partial charge in [-0.25, -0.2) is 4.57 Å². The maximum atomic E-state index is 13.1. The van der Waals surface area contributed by atoms with Crippen molar-refractivity contribution in [1.82, 2.24) is 5.32 Å². The number of hydrogen-bond acceptors (Lipinski definition) is 5. The van der Waals surface area contributed by atoms with Gasteiger partial charge >= 0.3 is 7.82 Å². The summed E-state index contributed by atoms with van der Waals surface area (Å²) < 4.78 is 23.9. The van der Waals surface area contributed by atoms with Crippen LogP contribution >= 0.6 is 7.82 Å². The van der Waals surface area contributed by atoms with Crippen molar-refractivity contribution in [3.05, 3.63) is 72.9 Å². The topological polar surface area (TPSA) is 105 Å². The summed E-state index contributed by atoms with van der Waals surface area (Å²) >= 11 is 0. The summed E-state index contributed by atoms with van der Waals surface area (Å²) in [6.45, 7) is 4.75. The Morgan fingerprint density at radius 1 is 0.407 bits per heavy atom. The molecule has 0 saturated carbocycles. The van der Waals surface area contributed by atoms with Gasteiger partial charge in [0.15, 0.2) is 0 Å². The van der Waals surface area contributed by atoms with Gasteiger partial charge in [-0.15, -0.1) is 0 Å². The molecule has 3 unspecified atom stereocenters. The molecule has 1 amide bonds. The summed E-state index contributed by atoms with van der Waals surface area (Å²) in [5, 5.41) is 14.0. The number of aliphatic hydroxyl groups is 1. The number of hydrogen-bond donors (Lipinski definition) is 3. The van der Waals surface area contributed by atoms with Crippen LogP contribution in [0.2, 0.25) is 0 Å². The minimum atomic E-state index is -4.36. The maximum Gasteiger partial charge on any atom is 0.472 e.